The predicted octanol–water partition coefficient (Wildman–Crippen LogP) is 2.68. The van der Waals surface area contributed by atoms with E-state index < -0.39 is 0 Å². The van der Waals surface area contributed by atoms with Crippen LogP contribution in [0.3, 0.4) is 0 Å². The molecule has 0 atom stereocenters. The molecule has 3 aromatic rings. The molecule has 1 saturated heterocycles. The van der Waals surface area contributed by atoms with Gasteiger partial charge in [-0.3, -0.25) is 14.6 Å². The maximum absolute atomic E-state index is 12.7. The Morgan fingerprint density at radius 2 is 1.72 bits per heavy atom. The van der Waals surface area contributed by atoms with E-state index in [1.54, 1.807) is 36.7 Å². The summed E-state index contributed by atoms with van der Waals surface area (Å²) >= 11 is 0. The second-order valence-corrected chi connectivity index (χ2v) is 7.38. The maximum atomic E-state index is 12.7. The Labute approximate surface area is 169 Å². The Morgan fingerprint density at radius 3 is 2.41 bits per heavy atom. The molecule has 148 valence electrons. The van der Waals surface area contributed by atoms with Gasteiger partial charge >= 0.3 is 0 Å². The summed E-state index contributed by atoms with van der Waals surface area (Å²) < 4.78 is 0. The summed E-state index contributed by atoms with van der Waals surface area (Å²) in [6.07, 6.45) is 4.69. The number of amides is 2. The Bertz CT molecular complexity index is 1060. The van der Waals surface area contributed by atoms with Crippen LogP contribution < -0.4 is 5.32 Å². The summed E-state index contributed by atoms with van der Waals surface area (Å²) in [6, 6.07) is 8.97. The first-order valence-corrected chi connectivity index (χ1v) is 9.76. The van der Waals surface area contributed by atoms with Crippen LogP contribution in [0.5, 0.6) is 0 Å². The monoisotopic (exact) mass is 389 g/mol. The Balaban J connectivity index is 1.38. The molecule has 1 N–H and O–H groups in total. The number of hydrogen-bond acceptors (Lipinski definition) is 5. The second kappa shape index (κ2) is 7.95. The standard InChI is InChI=1S/C22H23N5O2/c1-14-15(2)25-20-12-16(5-6-19(20)24-14)21(28)26-18-7-10-27(11-8-18)22(29)17-4-3-9-23-13-17/h3-6,9,12-13,18H,7-8,10-11H2,1-2H3,(H,26,28). The predicted molar refractivity (Wildman–Crippen MR) is 110 cm³/mol. The zero-order valence-electron chi connectivity index (χ0n) is 16.6. The van der Waals surface area contributed by atoms with Crippen molar-refractivity contribution in [3.8, 4) is 0 Å². The minimum atomic E-state index is -0.121. The Kier molecular flexibility index (Phi) is 5.20. The molecule has 0 bridgehead atoms. The Morgan fingerprint density at radius 1 is 1.00 bits per heavy atom. The highest BCUT2D eigenvalue weighted by Crippen LogP contribution is 2.17. The first-order valence-electron chi connectivity index (χ1n) is 9.76. The minimum absolute atomic E-state index is 0.0124. The van der Waals surface area contributed by atoms with Crippen LogP contribution in [0.1, 0.15) is 44.9 Å². The molecule has 1 aromatic carbocycles. The third kappa shape index (κ3) is 4.08. The number of rotatable bonds is 3. The molecular weight excluding hydrogens is 366 g/mol. The molecule has 2 amide bonds. The number of piperidine rings is 1. The van der Waals surface area contributed by atoms with Gasteiger partial charge in [-0.05, 0) is 57.0 Å². The fraction of sp³-hybridized carbons (Fsp3) is 0.318. The van der Waals surface area contributed by atoms with Crippen LogP contribution in [-0.4, -0.2) is 50.8 Å². The molecule has 1 aliphatic rings. The maximum Gasteiger partial charge on any atom is 0.255 e. The van der Waals surface area contributed by atoms with E-state index in [0.29, 0.717) is 24.2 Å². The Hall–Kier alpha value is -3.35. The number of aromatic nitrogens is 3. The van der Waals surface area contributed by atoms with Gasteiger partial charge in [-0.2, -0.15) is 0 Å². The van der Waals surface area contributed by atoms with E-state index in [-0.39, 0.29) is 17.9 Å². The fourth-order valence-corrected chi connectivity index (χ4v) is 3.54. The summed E-state index contributed by atoms with van der Waals surface area (Å²) in [5, 5.41) is 3.09. The van der Waals surface area contributed by atoms with E-state index in [1.807, 2.05) is 24.8 Å². The number of likely N-dealkylation sites (tertiary alicyclic amines) is 1. The third-order valence-electron chi connectivity index (χ3n) is 5.36. The molecule has 4 rings (SSSR count). The number of carbonyl (C=O) groups excluding carboxylic acids is 2. The SMILES string of the molecule is Cc1nc2ccc(C(=O)NC3CCN(C(=O)c4cccnc4)CC3)cc2nc1C. The molecule has 3 heterocycles. The van der Waals surface area contributed by atoms with E-state index in [2.05, 4.69) is 20.3 Å². The van der Waals surface area contributed by atoms with Crippen molar-refractivity contribution in [3.63, 3.8) is 0 Å². The summed E-state index contributed by atoms with van der Waals surface area (Å²) in [5.41, 5.74) is 4.43. The van der Waals surface area contributed by atoms with Crippen molar-refractivity contribution >= 4 is 22.8 Å². The van der Waals surface area contributed by atoms with Gasteiger partial charge in [0.15, 0.2) is 0 Å². The highest BCUT2D eigenvalue weighted by atomic mass is 16.2. The van der Waals surface area contributed by atoms with Gasteiger partial charge in [0.2, 0.25) is 0 Å². The van der Waals surface area contributed by atoms with Crippen LogP contribution in [0.15, 0.2) is 42.7 Å². The van der Waals surface area contributed by atoms with Gasteiger partial charge in [0.25, 0.3) is 11.8 Å². The number of aryl methyl sites for hydroxylation is 2. The van der Waals surface area contributed by atoms with Gasteiger partial charge in [-0.25, -0.2) is 9.97 Å². The second-order valence-electron chi connectivity index (χ2n) is 7.38. The third-order valence-corrected chi connectivity index (χ3v) is 5.36. The van der Waals surface area contributed by atoms with Gasteiger partial charge in [0.1, 0.15) is 0 Å². The lowest BCUT2D eigenvalue weighted by atomic mass is 10.0. The number of pyridine rings is 1. The average molecular weight is 389 g/mol. The van der Waals surface area contributed by atoms with Crippen LogP contribution in [0.4, 0.5) is 0 Å². The van der Waals surface area contributed by atoms with Crippen molar-refractivity contribution < 1.29 is 9.59 Å². The van der Waals surface area contributed by atoms with Crippen molar-refractivity contribution in [2.75, 3.05) is 13.1 Å². The smallest absolute Gasteiger partial charge is 0.255 e. The van der Waals surface area contributed by atoms with Crippen LogP contribution in [0, 0.1) is 13.8 Å². The molecule has 0 unspecified atom stereocenters. The molecule has 0 saturated carbocycles. The number of nitrogens with one attached hydrogen (secondary N) is 1. The van der Waals surface area contributed by atoms with Crippen molar-refractivity contribution in [1.29, 1.82) is 0 Å². The molecule has 1 aliphatic heterocycles. The fourth-order valence-electron chi connectivity index (χ4n) is 3.54. The molecule has 1 fully saturated rings. The lowest BCUT2D eigenvalue weighted by Gasteiger charge is -2.32. The zero-order valence-corrected chi connectivity index (χ0v) is 16.6. The van der Waals surface area contributed by atoms with E-state index >= 15 is 0 Å². The number of carbonyl (C=O) groups is 2. The molecule has 7 heteroatoms. The molecule has 29 heavy (non-hydrogen) atoms. The van der Waals surface area contributed by atoms with Gasteiger partial charge < -0.3 is 10.2 Å². The molecule has 2 aromatic heterocycles. The highest BCUT2D eigenvalue weighted by molar-refractivity contribution is 5.97. The quantitative estimate of drug-likeness (QED) is 0.744. The van der Waals surface area contributed by atoms with Crippen molar-refractivity contribution in [1.82, 2.24) is 25.2 Å². The number of benzene rings is 1. The largest absolute Gasteiger partial charge is 0.349 e. The first kappa shape index (κ1) is 19.0. The zero-order chi connectivity index (χ0) is 20.4. The van der Waals surface area contributed by atoms with E-state index in [1.165, 1.54) is 0 Å². The molecular formula is C22H23N5O2. The van der Waals surface area contributed by atoms with Crippen LogP contribution >= 0.6 is 0 Å². The van der Waals surface area contributed by atoms with E-state index in [9.17, 15) is 9.59 Å². The van der Waals surface area contributed by atoms with E-state index in [4.69, 9.17) is 0 Å². The average Bonchev–Trinajstić information content (AvgIpc) is 2.75. The van der Waals surface area contributed by atoms with Crippen molar-refractivity contribution in [2.45, 2.75) is 32.7 Å². The summed E-state index contributed by atoms with van der Waals surface area (Å²) in [5.74, 6) is -0.134. The summed E-state index contributed by atoms with van der Waals surface area (Å²) in [7, 11) is 0. The van der Waals surface area contributed by atoms with Gasteiger partial charge in [0.05, 0.1) is 28.0 Å². The molecule has 0 spiro atoms. The van der Waals surface area contributed by atoms with Crippen molar-refractivity contribution in [3.05, 3.63) is 65.2 Å². The van der Waals surface area contributed by atoms with Crippen LogP contribution in [0.25, 0.3) is 11.0 Å². The number of nitrogens with zero attached hydrogens (tertiary/aromatic N) is 4. The molecule has 7 nitrogen and oxygen atoms in total. The van der Waals surface area contributed by atoms with Crippen molar-refractivity contribution in [2.24, 2.45) is 0 Å². The van der Waals surface area contributed by atoms with Gasteiger partial charge in [-0.1, -0.05) is 0 Å². The van der Waals surface area contributed by atoms with Crippen LogP contribution in [-0.2, 0) is 0 Å². The molecule has 0 aliphatic carbocycles. The minimum Gasteiger partial charge on any atom is -0.349 e. The summed E-state index contributed by atoms with van der Waals surface area (Å²) in [4.78, 5) is 40.1. The normalized spacial score (nSPS) is 14.8. The lowest BCUT2D eigenvalue weighted by molar-refractivity contribution is 0.0697. The summed E-state index contributed by atoms with van der Waals surface area (Å²) in [6.45, 7) is 5.06. The van der Waals surface area contributed by atoms with Crippen LogP contribution in [0.2, 0.25) is 0 Å². The topological polar surface area (TPSA) is 88.1 Å². The first-order chi connectivity index (χ1) is 14.0. The molecule has 0 radical (unpaired) electrons. The van der Waals surface area contributed by atoms with Gasteiger partial charge in [-0.15, -0.1) is 0 Å². The van der Waals surface area contributed by atoms with E-state index in [0.717, 1.165) is 35.3 Å². The number of fused-ring (bicyclic) bond motifs is 1. The highest BCUT2D eigenvalue weighted by Gasteiger charge is 2.25. The number of hydrogen-bond donors (Lipinski definition) is 1. The lowest BCUT2D eigenvalue weighted by Crippen LogP contribution is -2.46. The van der Waals surface area contributed by atoms with Gasteiger partial charge in [0, 0.05) is 37.1 Å².